The third kappa shape index (κ3) is 1.01. The Hall–Kier alpha value is -0.915. The molecule has 0 radical (unpaired) electrons. The van der Waals surface area contributed by atoms with Gasteiger partial charge < -0.3 is 5.73 Å². The standard InChI is InChI=1S/C8H12BN/c1-5-3-4-7(10)6(2)8(5)9/h3-4H,9-10H2,1-2H3. The summed E-state index contributed by atoms with van der Waals surface area (Å²) in [6.45, 7) is 4.15. The van der Waals surface area contributed by atoms with Gasteiger partial charge in [0.1, 0.15) is 7.85 Å². The molecule has 0 saturated carbocycles. The van der Waals surface area contributed by atoms with Crippen molar-refractivity contribution in [3.63, 3.8) is 0 Å². The first-order chi connectivity index (χ1) is 4.63. The molecule has 52 valence electrons. The molecule has 0 aliphatic carbocycles. The minimum atomic E-state index is 0.892. The number of nitrogen functional groups attached to an aromatic ring is 1. The van der Waals surface area contributed by atoms with E-state index in [9.17, 15) is 0 Å². The summed E-state index contributed by atoms with van der Waals surface area (Å²) in [5.41, 5.74) is 10.4. The monoisotopic (exact) mass is 133 g/mol. The van der Waals surface area contributed by atoms with Crippen molar-refractivity contribution in [1.82, 2.24) is 0 Å². The molecular weight excluding hydrogens is 121 g/mol. The van der Waals surface area contributed by atoms with Crippen LogP contribution in [0.1, 0.15) is 11.1 Å². The van der Waals surface area contributed by atoms with Gasteiger partial charge in [-0.25, -0.2) is 0 Å². The Morgan fingerprint density at radius 1 is 1.30 bits per heavy atom. The summed E-state index contributed by atoms with van der Waals surface area (Å²) in [7, 11) is 2.10. The van der Waals surface area contributed by atoms with E-state index in [2.05, 4.69) is 27.8 Å². The van der Waals surface area contributed by atoms with E-state index in [0.717, 1.165) is 5.69 Å². The highest BCUT2D eigenvalue weighted by Crippen LogP contribution is 2.07. The molecule has 1 aromatic rings. The van der Waals surface area contributed by atoms with E-state index in [1.54, 1.807) is 0 Å². The molecule has 0 spiro atoms. The fourth-order valence-electron chi connectivity index (χ4n) is 0.977. The van der Waals surface area contributed by atoms with E-state index in [1.165, 1.54) is 16.6 Å². The normalized spacial score (nSPS) is 9.80. The van der Waals surface area contributed by atoms with Crippen molar-refractivity contribution in [2.24, 2.45) is 0 Å². The molecule has 2 heteroatoms. The van der Waals surface area contributed by atoms with Crippen LogP contribution in [-0.2, 0) is 0 Å². The van der Waals surface area contributed by atoms with Crippen LogP contribution >= 0.6 is 0 Å². The first-order valence-corrected chi connectivity index (χ1v) is 3.45. The highest BCUT2D eigenvalue weighted by molar-refractivity contribution is 6.34. The lowest BCUT2D eigenvalue weighted by atomic mass is 9.86. The van der Waals surface area contributed by atoms with Crippen LogP contribution in [0.25, 0.3) is 0 Å². The predicted molar refractivity (Wildman–Crippen MR) is 48.5 cm³/mol. The zero-order chi connectivity index (χ0) is 7.72. The molecule has 1 rings (SSSR count). The highest BCUT2D eigenvalue weighted by atomic mass is 14.5. The van der Waals surface area contributed by atoms with Gasteiger partial charge in [-0.2, -0.15) is 0 Å². The summed E-state index contributed by atoms with van der Waals surface area (Å²) >= 11 is 0. The summed E-state index contributed by atoms with van der Waals surface area (Å²) in [4.78, 5) is 0. The number of hydrogen-bond acceptors (Lipinski definition) is 1. The molecule has 0 fully saturated rings. The number of rotatable bonds is 0. The lowest BCUT2D eigenvalue weighted by Gasteiger charge is -2.06. The van der Waals surface area contributed by atoms with Crippen LogP contribution in [0.2, 0.25) is 0 Å². The molecule has 0 atom stereocenters. The smallest absolute Gasteiger partial charge is 0.140 e. The fraction of sp³-hybridized carbons (Fsp3) is 0.250. The van der Waals surface area contributed by atoms with E-state index < -0.39 is 0 Å². The molecule has 0 bridgehead atoms. The van der Waals surface area contributed by atoms with Crippen LogP contribution in [0.5, 0.6) is 0 Å². The molecule has 2 N–H and O–H groups in total. The second-order valence-electron chi connectivity index (χ2n) is 2.72. The minimum Gasteiger partial charge on any atom is -0.399 e. The van der Waals surface area contributed by atoms with Crippen LogP contribution < -0.4 is 11.2 Å². The van der Waals surface area contributed by atoms with E-state index in [-0.39, 0.29) is 0 Å². The molecule has 0 aliphatic heterocycles. The van der Waals surface area contributed by atoms with Crippen molar-refractivity contribution in [1.29, 1.82) is 0 Å². The Kier molecular flexibility index (Phi) is 1.71. The van der Waals surface area contributed by atoms with Crippen LogP contribution in [0.15, 0.2) is 12.1 Å². The zero-order valence-electron chi connectivity index (χ0n) is 6.73. The topological polar surface area (TPSA) is 26.0 Å². The Morgan fingerprint density at radius 3 is 2.40 bits per heavy atom. The summed E-state index contributed by atoms with van der Waals surface area (Å²) in [6, 6.07) is 4.01. The number of aryl methyl sites for hydroxylation is 1. The summed E-state index contributed by atoms with van der Waals surface area (Å²) in [5, 5.41) is 0. The van der Waals surface area contributed by atoms with Gasteiger partial charge in [0, 0.05) is 5.69 Å². The molecule has 0 amide bonds. The highest BCUT2D eigenvalue weighted by Gasteiger charge is 1.98. The predicted octanol–water partition coefficient (Wildman–Crippen LogP) is 0.144. The second kappa shape index (κ2) is 2.37. The van der Waals surface area contributed by atoms with Crippen LogP contribution in [-0.4, -0.2) is 7.85 Å². The minimum absolute atomic E-state index is 0.892. The van der Waals surface area contributed by atoms with Crippen molar-refractivity contribution in [2.75, 3.05) is 5.73 Å². The fourth-order valence-corrected chi connectivity index (χ4v) is 0.977. The number of nitrogens with two attached hydrogens (primary N) is 1. The maximum Gasteiger partial charge on any atom is 0.140 e. The van der Waals surface area contributed by atoms with Crippen molar-refractivity contribution < 1.29 is 0 Å². The Labute approximate surface area is 62.7 Å². The van der Waals surface area contributed by atoms with E-state index in [1.807, 2.05) is 6.07 Å². The summed E-state index contributed by atoms with van der Waals surface area (Å²) in [5.74, 6) is 0. The summed E-state index contributed by atoms with van der Waals surface area (Å²) in [6.07, 6.45) is 0. The molecule has 0 saturated heterocycles. The van der Waals surface area contributed by atoms with Crippen molar-refractivity contribution in [2.45, 2.75) is 13.8 Å². The third-order valence-electron chi connectivity index (χ3n) is 2.10. The van der Waals surface area contributed by atoms with Gasteiger partial charge in [0.15, 0.2) is 0 Å². The first kappa shape index (κ1) is 7.20. The lowest BCUT2D eigenvalue weighted by molar-refractivity contribution is 1.43. The van der Waals surface area contributed by atoms with Gasteiger partial charge in [0.2, 0.25) is 0 Å². The van der Waals surface area contributed by atoms with Crippen LogP contribution in [0, 0.1) is 13.8 Å². The van der Waals surface area contributed by atoms with Gasteiger partial charge in [0.05, 0.1) is 0 Å². The first-order valence-electron chi connectivity index (χ1n) is 3.45. The van der Waals surface area contributed by atoms with Gasteiger partial charge >= 0.3 is 0 Å². The molecule has 1 nitrogen and oxygen atoms in total. The molecule has 0 aliphatic rings. The van der Waals surface area contributed by atoms with Gasteiger partial charge in [-0.1, -0.05) is 17.1 Å². The zero-order valence-corrected chi connectivity index (χ0v) is 6.73. The largest absolute Gasteiger partial charge is 0.399 e. The van der Waals surface area contributed by atoms with E-state index in [4.69, 9.17) is 5.73 Å². The Bertz CT molecular complexity index is 229. The molecule has 1 aromatic carbocycles. The number of hydrogen-bond donors (Lipinski definition) is 1. The third-order valence-corrected chi connectivity index (χ3v) is 2.10. The molecule has 0 unspecified atom stereocenters. The quantitative estimate of drug-likeness (QED) is 0.395. The van der Waals surface area contributed by atoms with Crippen LogP contribution in [0.3, 0.4) is 0 Å². The Balaban J connectivity index is 3.34. The van der Waals surface area contributed by atoms with Crippen LogP contribution in [0.4, 0.5) is 5.69 Å². The molecular formula is C8H12BN. The average Bonchev–Trinajstić information content (AvgIpc) is 1.93. The average molecular weight is 133 g/mol. The van der Waals surface area contributed by atoms with E-state index >= 15 is 0 Å². The summed E-state index contributed by atoms with van der Waals surface area (Å²) < 4.78 is 0. The molecule has 0 aromatic heterocycles. The van der Waals surface area contributed by atoms with Gasteiger partial charge in [-0.3, -0.25) is 0 Å². The second-order valence-corrected chi connectivity index (χ2v) is 2.72. The molecule has 10 heavy (non-hydrogen) atoms. The van der Waals surface area contributed by atoms with Gasteiger partial charge in [-0.15, -0.1) is 0 Å². The molecule has 0 heterocycles. The maximum atomic E-state index is 5.69. The lowest BCUT2D eigenvalue weighted by Crippen LogP contribution is -2.13. The van der Waals surface area contributed by atoms with E-state index in [0.29, 0.717) is 0 Å². The SMILES string of the molecule is Bc1c(C)ccc(N)c1C. The van der Waals surface area contributed by atoms with Gasteiger partial charge in [-0.05, 0) is 25.5 Å². The maximum absolute atomic E-state index is 5.69. The van der Waals surface area contributed by atoms with Crippen molar-refractivity contribution in [3.05, 3.63) is 23.3 Å². The van der Waals surface area contributed by atoms with Crippen molar-refractivity contribution in [3.8, 4) is 0 Å². The Morgan fingerprint density at radius 2 is 1.90 bits per heavy atom. The van der Waals surface area contributed by atoms with Gasteiger partial charge in [0.25, 0.3) is 0 Å². The number of anilines is 1. The number of benzene rings is 1. The van der Waals surface area contributed by atoms with Crippen molar-refractivity contribution >= 4 is 19.0 Å².